The number of nitrogens with zero attached hydrogens (tertiary/aromatic N) is 2. The Morgan fingerprint density at radius 3 is 2.53 bits per heavy atom. The number of hydrogen-bond donors (Lipinski definition) is 1. The lowest BCUT2D eigenvalue weighted by Crippen LogP contribution is -2.48. The van der Waals surface area contributed by atoms with Gasteiger partial charge in [-0.05, 0) is 24.7 Å². The van der Waals surface area contributed by atoms with Crippen molar-refractivity contribution < 1.29 is 4.79 Å². The molecule has 0 radical (unpaired) electrons. The fourth-order valence-corrected chi connectivity index (χ4v) is 2.85. The summed E-state index contributed by atoms with van der Waals surface area (Å²) in [4.78, 5) is 15.5. The van der Waals surface area contributed by atoms with Crippen molar-refractivity contribution in [2.24, 2.45) is 0 Å². The summed E-state index contributed by atoms with van der Waals surface area (Å²) in [6.45, 7) is 5.92. The van der Waals surface area contributed by atoms with Crippen LogP contribution in [-0.4, -0.2) is 44.0 Å². The molecule has 4 nitrogen and oxygen atoms in total. The van der Waals surface area contributed by atoms with Gasteiger partial charge in [0.1, 0.15) is 0 Å². The molecule has 0 aliphatic carbocycles. The molecule has 1 aromatic carbocycles. The number of amides is 1. The maximum atomic E-state index is 11.3. The second kappa shape index (κ2) is 6.39. The number of halogens is 1. The maximum Gasteiger partial charge on any atom is 0.219 e. The van der Waals surface area contributed by atoms with Crippen molar-refractivity contribution in [3.8, 4) is 0 Å². The average molecular weight is 326 g/mol. The largest absolute Gasteiger partial charge is 0.368 e. The molecule has 0 atom stereocenters. The zero-order valence-electron chi connectivity index (χ0n) is 11.4. The van der Waals surface area contributed by atoms with E-state index < -0.39 is 0 Å². The van der Waals surface area contributed by atoms with E-state index in [2.05, 4.69) is 44.3 Å². The van der Waals surface area contributed by atoms with Gasteiger partial charge in [0.25, 0.3) is 0 Å². The fraction of sp³-hybridized carbons (Fsp3) is 0.500. The SMILES string of the molecule is CNCc1ccc(N2CCN(C(C)=O)CC2)cc1Br. The molecular formula is C14H20BrN3O. The zero-order chi connectivity index (χ0) is 13.8. The zero-order valence-corrected chi connectivity index (χ0v) is 13.0. The minimum Gasteiger partial charge on any atom is -0.368 e. The molecule has 104 valence electrons. The molecule has 0 saturated carbocycles. The van der Waals surface area contributed by atoms with Crippen LogP contribution in [0.25, 0.3) is 0 Å². The van der Waals surface area contributed by atoms with Crippen LogP contribution in [0.1, 0.15) is 12.5 Å². The Morgan fingerprint density at radius 1 is 1.32 bits per heavy atom. The van der Waals surface area contributed by atoms with E-state index in [1.807, 2.05) is 11.9 Å². The van der Waals surface area contributed by atoms with Crippen LogP contribution in [0.5, 0.6) is 0 Å². The Balaban J connectivity index is 2.03. The first-order valence-corrected chi connectivity index (χ1v) is 7.34. The van der Waals surface area contributed by atoms with Crippen molar-refractivity contribution in [3.63, 3.8) is 0 Å². The van der Waals surface area contributed by atoms with Crippen LogP contribution in [-0.2, 0) is 11.3 Å². The number of carbonyl (C=O) groups is 1. The minimum atomic E-state index is 0.171. The van der Waals surface area contributed by atoms with E-state index in [4.69, 9.17) is 0 Å². The van der Waals surface area contributed by atoms with E-state index in [0.717, 1.165) is 37.2 Å². The van der Waals surface area contributed by atoms with Gasteiger partial charge in [-0.3, -0.25) is 4.79 Å². The van der Waals surface area contributed by atoms with Gasteiger partial charge < -0.3 is 15.1 Å². The third kappa shape index (κ3) is 3.48. The first kappa shape index (κ1) is 14.3. The normalized spacial score (nSPS) is 15.7. The summed E-state index contributed by atoms with van der Waals surface area (Å²) in [7, 11) is 1.95. The number of piperazine rings is 1. The Kier molecular flexibility index (Phi) is 4.82. The van der Waals surface area contributed by atoms with Crippen LogP contribution in [0.2, 0.25) is 0 Å². The lowest BCUT2D eigenvalue weighted by Gasteiger charge is -2.35. The second-order valence-electron chi connectivity index (χ2n) is 4.80. The molecule has 0 bridgehead atoms. The Morgan fingerprint density at radius 2 is 2.00 bits per heavy atom. The van der Waals surface area contributed by atoms with Crippen LogP contribution >= 0.6 is 15.9 Å². The molecule has 1 aliphatic heterocycles. The third-order valence-electron chi connectivity index (χ3n) is 3.49. The van der Waals surface area contributed by atoms with E-state index in [0.29, 0.717) is 0 Å². The van der Waals surface area contributed by atoms with Crippen LogP contribution < -0.4 is 10.2 Å². The number of benzene rings is 1. The van der Waals surface area contributed by atoms with Crippen molar-refractivity contribution in [3.05, 3.63) is 28.2 Å². The van der Waals surface area contributed by atoms with Gasteiger partial charge in [0.05, 0.1) is 0 Å². The number of anilines is 1. The fourth-order valence-electron chi connectivity index (χ4n) is 2.35. The molecule has 1 N–H and O–H groups in total. The summed E-state index contributed by atoms with van der Waals surface area (Å²) in [5.74, 6) is 0.171. The Hall–Kier alpha value is -1.07. The molecule has 1 fully saturated rings. The quantitative estimate of drug-likeness (QED) is 0.921. The molecule has 1 saturated heterocycles. The predicted octanol–water partition coefficient (Wildman–Crippen LogP) is 1.84. The monoisotopic (exact) mass is 325 g/mol. The standard InChI is InChI=1S/C14H20BrN3O/c1-11(19)17-5-7-18(8-6-17)13-4-3-12(10-16-2)14(15)9-13/h3-4,9,16H,5-8,10H2,1-2H3. The molecule has 19 heavy (non-hydrogen) atoms. The highest BCUT2D eigenvalue weighted by molar-refractivity contribution is 9.10. The number of rotatable bonds is 3. The molecule has 1 aliphatic rings. The van der Waals surface area contributed by atoms with Crippen LogP contribution in [0.3, 0.4) is 0 Å². The summed E-state index contributed by atoms with van der Waals surface area (Å²) in [5.41, 5.74) is 2.48. The molecule has 1 aromatic rings. The smallest absolute Gasteiger partial charge is 0.219 e. The van der Waals surface area contributed by atoms with Gasteiger partial charge in [-0.25, -0.2) is 0 Å². The summed E-state index contributed by atoms with van der Waals surface area (Å²) in [6.07, 6.45) is 0. The lowest BCUT2D eigenvalue weighted by atomic mass is 10.1. The van der Waals surface area contributed by atoms with Gasteiger partial charge in [0.2, 0.25) is 5.91 Å². The van der Waals surface area contributed by atoms with E-state index in [9.17, 15) is 4.79 Å². The summed E-state index contributed by atoms with van der Waals surface area (Å²) < 4.78 is 1.13. The van der Waals surface area contributed by atoms with Crippen LogP contribution in [0.15, 0.2) is 22.7 Å². The number of carbonyl (C=O) groups excluding carboxylic acids is 1. The first-order chi connectivity index (χ1) is 9.11. The Bertz CT molecular complexity index is 456. The molecule has 0 spiro atoms. The topological polar surface area (TPSA) is 35.6 Å². The summed E-state index contributed by atoms with van der Waals surface area (Å²) >= 11 is 3.62. The molecule has 1 heterocycles. The number of hydrogen-bond acceptors (Lipinski definition) is 3. The second-order valence-corrected chi connectivity index (χ2v) is 5.65. The van der Waals surface area contributed by atoms with Gasteiger partial charge in [-0.15, -0.1) is 0 Å². The van der Waals surface area contributed by atoms with E-state index in [1.165, 1.54) is 11.3 Å². The molecule has 5 heteroatoms. The van der Waals surface area contributed by atoms with Crippen molar-refractivity contribution >= 4 is 27.5 Å². The van der Waals surface area contributed by atoms with Crippen molar-refractivity contribution in [1.82, 2.24) is 10.2 Å². The van der Waals surface area contributed by atoms with Gasteiger partial charge in [0, 0.05) is 49.8 Å². The van der Waals surface area contributed by atoms with Gasteiger partial charge in [-0.1, -0.05) is 22.0 Å². The van der Waals surface area contributed by atoms with Crippen molar-refractivity contribution in [2.75, 3.05) is 38.1 Å². The third-order valence-corrected chi connectivity index (χ3v) is 4.23. The summed E-state index contributed by atoms with van der Waals surface area (Å²) in [6, 6.07) is 6.46. The van der Waals surface area contributed by atoms with E-state index in [-0.39, 0.29) is 5.91 Å². The van der Waals surface area contributed by atoms with Crippen LogP contribution in [0.4, 0.5) is 5.69 Å². The lowest BCUT2D eigenvalue weighted by molar-refractivity contribution is -0.129. The van der Waals surface area contributed by atoms with E-state index in [1.54, 1.807) is 6.92 Å². The van der Waals surface area contributed by atoms with Crippen molar-refractivity contribution in [2.45, 2.75) is 13.5 Å². The minimum absolute atomic E-state index is 0.171. The van der Waals surface area contributed by atoms with E-state index >= 15 is 0 Å². The average Bonchev–Trinajstić information content (AvgIpc) is 2.41. The predicted molar refractivity (Wildman–Crippen MR) is 81.4 cm³/mol. The number of nitrogens with one attached hydrogen (secondary N) is 1. The highest BCUT2D eigenvalue weighted by Crippen LogP contribution is 2.25. The highest BCUT2D eigenvalue weighted by Gasteiger charge is 2.19. The molecule has 0 unspecified atom stereocenters. The Labute approximate surface area is 122 Å². The first-order valence-electron chi connectivity index (χ1n) is 6.55. The molecule has 2 rings (SSSR count). The summed E-state index contributed by atoms with van der Waals surface area (Å²) in [5, 5.41) is 3.15. The van der Waals surface area contributed by atoms with Crippen molar-refractivity contribution in [1.29, 1.82) is 0 Å². The van der Waals surface area contributed by atoms with Gasteiger partial charge in [0.15, 0.2) is 0 Å². The van der Waals surface area contributed by atoms with Gasteiger partial charge in [-0.2, -0.15) is 0 Å². The molecule has 1 amide bonds. The van der Waals surface area contributed by atoms with Gasteiger partial charge >= 0.3 is 0 Å². The highest BCUT2D eigenvalue weighted by atomic mass is 79.9. The molecule has 0 aromatic heterocycles. The maximum absolute atomic E-state index is 11.3. The van der Waals surface area contributed by atoms with Crippen LogP contribution in [0, 0.1) is 0 Å². The molecular weight excluding hydrogens is 306 g/mol.